The van der Waals surface area contributed by atoms with Gasteiger partial charge in [0.05, 0.1) is 18.2 Å². The number of rotatable bonds is 3. The van der Waals surface area contributed by atoms with Crippen LogP contribution in [0.1, 0.15) is 5.56 Å². The summed E-state index contributed by atoms with van der Waals surface area (Å²) in [6.07, 6.45) is 0. The first-order chi connectivity index (χ1) is 10.1. The van der Waals surface area contributed by atoms with Gasteiger partial charge in [0.1, 0.15) is 5.75 Å². The fourth-order valence-electron chi connectivity index (χ4n) is 2.90. The van der Waals surface area contributed by atoms with Crippen LogP contribution in [-0.4, -0.2) is 55.2 Å². The molecule has 5 nitrogen and oxygen atoms in total. The van der Waals surface area contributed by atoms with Crippen molar-refractivity contribution < 1.29 is 9.53 Å². The van der Waals surface area contributed by atoms with Gasteiger partial charge in [-0.1, -0.05) is 23.2 Å². The highest BCUT2D eigenvalue weighted by molar-refractivity contribution is 6.34. The van der Waals surface area contributed by atoms with Gasteiger partial charge in [0.15, 0.2) is 0 Å². The number of hydrogen-bond donors (Lipinski definition) is 1. The van der Waals surface area contributed by atoms with E-state index in [9.17, 15) is 4.79 Å². The predicted molar refractivity (Wildman–Crippen MR) is 82.2 cm³/mol. The van der Waals surface area contributed by atoms with Crippen LogP contribution in [-0.2, 0) is 6.54 Å². The lowest BCUT2D eigenvalue weighted by atomic mass is 10.1. The van der Waals surface area contributed by atoms with Gasteiger partial charge in [0.2, 0.25) is 0 Å². The highest BCUT2D eigenvalue weighted by Gasteiger charge is 2.35. The largest absolute Gasteiger partial charge is 0.495 e. The van der Waals surface area contributed by atoms with Crippen LogP contribution in [0.15, 0.2) is 12.1 Å². The smallest absolute Gasteiger partial charge is 0.317 e. The summed E-state index contributed by atoms with van der Waals surface area (Å²) in [5.41, 5.74) is 0.980. The van der Waals surface area contributed by atoms with Gasteiger partial charge in [0.25, 0.3) is 0 Å². The maximum Gasteiger partial charge on any atom is 0.317 e. The summed E-state index contributed by atoms with van der Waals surface area (Å²) in [5, 5.41) is 4.09. The molecule has 21 heavy (non-hydrogen) atoms. The molecule has 0 saturated carbocycles. The highest BCUT2D eigenvalue weighted by Crippen LogP contribution is 2.32. The van der Waals surface area contributed by atoms with E-state index in [1.54, 1.807) is 13.2 Å². The van der Waals surface area contributed by atoms with E-state index in [-0.39, 0.29) is 12.1 Å². The van der Waals surface area contributed by atoms with Gasteiger partial charge in [-0.3, -0.25) is 4.90 Å². The van der Waals surface area contributed by atoms with Crippen molar-refractivity contribution in [1.82, 2.24) is 15.1 Å². The minimum atomic E-state index is 0.0465. The van der Waals surface area contributed by atoms with Crippen molar-refractivity contribution in [1.29, 1.82) is 0 Å². The molecule has 1 N–H and O–H groups in total. The molecule has 2 fully saturated rings. The van der Waals surface area contributed by atoms with Crippen molar-refractivity contribution in [3.63, 3.8) is 0 Å². The third-order valence-electron chi connectivity index (χ3n) is 4.03. The number of urea groups is 1. The maximum atomic E-state index is 11.6. The Bertz CT molecular complexity index is 567. The Kier molecular flexibility index (Phi) is 4.15. The number of amides is 2. The summed E-state index contributed by atoms with van der Waals surface area (Å²) in [6.45, 7) is 3.87. The predicted octanol–water partition coefficient (Wildman–Crippen LogP) is 2.21. The molecule has 0 bridgehead atoms. The Labute approximate surface area is 133 Å². The first-order valence-corrected chi connectivity index (χ1v) is 7.63. The van der Waals surface area contributed by atoms with Crippen LogP contribution in [0.2, 0.25) is 10.0 Å². The summed E-state index contributed by atoms with van der Waals surface area (Å²) >= 11 is 12.5. The minimum absolute atomic E-state index is 0.0465. The van der Waals surface area contributed by atoms with E-state index in [1.165, 1.54) is 0 Å². The molecular weight excluding hydrogens is 313 g/mol. The van der Waals surface area contributed by atoms with E-state index in [2.05, 4.69) is 10.2 Å². The SMILES string of the molecule is COc1cc(Cl)c(CN2CCN3C(=O)NC[C@H]3C2)cc1Cl. The zero-order chi connectivity index (χ0) is 15.0. The molecule has 7 heteroatoms. The van der Waals surface area contributed by atoms with Crippen molar-refractivity contribution in [2.75, 3.05) is 33.3 Å². The molecule has 0 radical (unpaired) electrons. The van der Waals surface area contributed by atoms with Gasteiger partial charge in [0, 0.05) is 43.8 Å². The number of halogens is 2. The van der Waals surface area contributed by atoms with Crippen LogP contribution >= 0.6 is 23.2 Å². The van der Waals surface area contributed by atoms with Gasteiger partial charge < -0.3 is 15.0 Å². The molecule has 2 aliphatic rings. The summed E-state index contributed by atoms with van der Waals surface area (Å²) < 4.78 is 5.16. The first-order valence-electron chi connectivity index (χ1n) is 6.87. The molecule has 1 atom stereocenters. The van der Waals surface area contributed by atoms with E-state index in [1.807, 2.05) is 11.0 Å². The number of nitrogens with zero attached hydrogens (tertiary/aromatic N) is 2. The molecule has 0 aromatic heterocycles. The van der Waals surface area contributed by atoms with Gasteiger partial charge in [-0.25, -0.2) is 4.79 Å². The number of carbonyl (C=O) groups excluding carboxylic acids is 1. The minimum Gasteiger partial charge on any atom is -0.495 e. The molecule has 0 unspecified atom stereocenters. The standard InChI is InChI=1S/C14H17Cl2N3O2/c1-21-13-5-11(15)9(4-12(13)16)7-18-2-3-19-10(8-18)6-17-14(19)20/h4-5,10H,2-3,6-8H2,1H3,(H,17,20)/t10-/m0/s1. The summed E-state index contributed by atoms with van der Waals surface area (Å²) in [5.74, 6) is 0.584. The lowest BCUT2D eigenvalue weighted by Gasteiger charge is -2.36. The Hall–Kier alpha value is -1.17. The lowest BCUT2D eigenvalue weighted by Crippen LogP contribution is -2.51. The van der Waals surface area contributed by atoms with Crippen molar-refractivity contribution in [2.24, 2.45) is 0 Å². The number of benzene rings is 1. The number of piperazine rings is 1. The second-order valence-corrected chi connectivity index (χ2v) is 6.16. The molecule has 2 amide bonds. The zero-order valence-corrected chi connectivity index (χ0v) is 13.2. The third-order valence-corrected chi connectivity index (χ3v) is 4.68. The zero-order valence-electron chi connectivity index (χ0n) is 11.7. The normalized spacial score (nSPS) is 22.1. The quantitative estimate of drug-likeness (QED) is 0.924. The van der Waals surface area contributed by atoms with Gasteiger partial charge in [-0.05, 0) is 11.6 Å². The fourth-order valence-corrected chi connectivity index (χ4v) is 3.38. The van der Waals surface area contributed by atoms with Crippen LogP contribution in [0.5, 0.6) is 5.75 Å². The molecule has 1 aromatic rings. The molecule has 3 rings (SSSR count). The fraction of sp³-hybridized carbons (Fsp3) is 0.500. The Balaban J connectivity index is 1.70. The lowest BCUT2D eigenvalue weighted by molar-refractivity contribution is 0.116. The molecule has 2 saturated heterocycles. The van der Waals surface area contributed by atoms with E-state index >= 15 is 0 Å². The average molecular weight is 330 g/mol. The number of nitrogens with one attached hydrogen (secondary N) is 1. The maximum absolute atomic E-state index is 11.6. The van der Waals surface area contributed by atoms with Crippen LogP contribution < -0.4 is 10.1 Å². The topological polar surface area (TPSA) is 44.8 Å². The third kappa shape index (κ3) is 2.91. The monoisotopic (exact) mass is 329 g/mol. The molecule has 2 heterocycles. The Morgan fingerprint density at radius 3 is 2.90 bits per heavy atom. The van der Waals surface area contributed by atoms with Gasteiger partial charge in [-0.15, -0.1) is 0 Å². The molecule has 0 spiro atoms. The summed E-state index contributed by atoms with van der Waals surface area (Å²) in [4.78, 5) is 15.8. The van der Waals surface area contributed by atoms with Crippen molar-refractivity contribution in [2.45, 2.75) is 12.6 Å². The highest BCUT2D eigenvalue weighted by atomic mass is 35.5. The van der Waals surface area contributed by atoms with Crippen molar-refractivity contribution in [3.8, 4) is 5.75 Å². The number of fused-ring (bicyclic) bond motifs is 1. The second-order valence-electron chi connectivity index (χ2n) is 5.35. The van der Waals surface area contributed by atoms with Crippen LogP contribution in [0.4, 0.5) is 4.79 Å². The van der Waals surface area contributed by atoms with E-state index < -0.39 is 0 Å². The van der Waals surface area contributed by atoms with Crippen LogP contribution in [0.3, 0.4) is 0 Å². The molecule has 2 aliphatic heterocycles. The van der Waals surface area contributed by atoms with Crippen molar-refractivity contribution in [3.05, 3.63) is 27.7 Å². The average Bonchev–Trinajstić information content (AvgIpc) is 2.83. The summed E-state index contributed by atoms with van der Waals surface area (Å²) in [6, 6.07) is 3.90. The van der Waals surface area contributed by atoms with E-state index in [0.717, 1.165) is 31.7 Å². The number of hydrogen-bond acceptors (Lipinski definition) is 3. The molecule has 114 valence electrons. The Morgan fingerprint density at radius 1 is 1.33 bits per heavy atom. The molecule has 0 aliphatic carbocycles. The van der Waals surface area contributed by atoms with Gasteiger partial charge in [-0.2, -0.15) is 0 Å². The van der Waals surface area contributed by atoms with Crippen molar-refractivity contribution >= 4 is 29.2 Å². The molecular formula is C14H17Cl2N3O2. The van der Waals surface area contributed by atoms with E-state index in [0.29, 0.717) is 22.3 Å². The van der Waals surface area contributed by atoms with Crippen LogP contribution in [0.25, 0.3) is 0 Å². The summed E-state index contributed by atoms with van der Waals surface area (Å²) in [7, 11) is 1.57. The number of carbonyl (C=O) groups is 1. The van der Waals surface area contributed by atoms with Gasteiger partial charge >= 0.3 is 6.03 Å². The first kappa shape index (κ1) is 14.8. The number of methoxy groups -OCH3 is 1. The van der Waals surface area contributed by atoms with E-state index in [4.69, 9.17) is 27.9 Å². The second kappa shape index (κ2) is 5.91. The van der Waals surface area contributed by atoms with Crippen LogP contribution in [0, 0.1) is 0 Å². The number of ether oxygens (including phenoxy) is 1. The Morgan fingerprint density at radius 2 is 2.14 bits per heavy atom. The molecule has 1 aromatic carbocycles.